The van der Waals surface area contributed by atoms with E-state index in [9.17, 15) is 4.79 Å². The minimum Gasteiger partial charge on any atom is -0.465 e. The van der Waals surface area contributed by atoms with Gasteiger partial charge in [0, 0.05) is 23.6 Å². The summed E-state index contributed by atoms with van der Waals surface area (Å²) in [5, 5.41) is 0.852. The maximum absolute atomic E-state index is 11.2. The summed E-state index contributed by atoms with van der Waals surface area (Å²) in [7, 11) is 0. The van der Waals surface area contributed by atoms with Crippen LogP contribution in [0.2, 0.25) is 0 Å². The van der Waals surface area contributed by atoms with Gasteiger partial charge in [0.15, 0.2) is 0 Å². The van der Waals surface area contributed by atoms with E-state index in [0.29, 0.717) is 31.0 Å². The van der Waals surface area contributed by atoms with E-state index in [1.807, 2.05) is 0 Å². The van der Waals surface area contributed by atoms with E-state index >= 15 is 0 Å². The lowest BCUT2D eigenvalue weighted by molar-refractivity contribution is -0.174. The summed E-state index contributed by atoms with van der Waals surface area (Å²) in [5.41, 5.74) is 1.33. The van der Waals surface area contributed by atoms with Crippen LogP contribution in [0, 0.1) is 23.2 Å². The fraction of sp³-hybridized carbons (Fsp3) is 0.800. The smallest absolute Gasteiger partial charge is 0.302 e. The molecule has 3 nitrogen and oxygen atoms in total. The fourth-order valence-corrected chi connectivity index (χ4v) is 4.35. The Morgan fingerprint density at radius 1 is 1.58 bits per heavy atom. The molecule has 5 atom stereocenters. The van der Waals surface area contributed by atoms with Gasteiger partial charge in [0.2, 0.25) is 0 Å². The molecule has 1 heterocycles. The van der Waals surface area contributed by atoms with Crippen molar-refractivity contribution in [1.29, 1.82) is 0 Å². The van der Waals surface area contributed by atoms with Crippen LogP contribution in [0.25, 0.3) is 0 Å². The molecule has 0 aromatic heterocycles. The highest BCUT2D eigenvalue weighted by Crippen LogP contribution is 2.52. The first-order valence-electron chi connectivity index (χ1n) is 6.91. The average molecular weight is 331 g/mol. The minimum atomic E-state index is -0.209. The van der Waals surface area contributed by atoms with E-state index in [-0.39, 0.29) is 17.5 Å². The van der Waals surface area contributed by atoms with E-state index in [4.69, 9.17) is 9.47 Å². The second kappa shape index (κ2) is 5.57. The molecular weight excluding hydrogens is 308 g/mol. The monoisotopic (exact) mass is 330 g/mol. The van der Waals surface area contributed by atoms with Crippen molar-refractivity contribution in [2.24, 2.45) is 23.2 Å². The van der Waals surface area contributed by atoms with Gasteiger partial charge in [-0.25, -0.2) is 0 Å². The molecule has 1 saturated heterocycles. The van der Waals surface area contributed by atoms with Crippen LogP contribution in [-0.2, 0) is 14.3 Å². The van der Waals surface area contributed by atoms with E-state index in [0.717, 1.165) is 5.33 Å². The van der Waals surface area contributed by atoms with Crippen LogP contribution in [0.5, 0.6) is 0 Å². The van der Waals surface area contributed by atoms with Gasteiger partial charge in [0.25, 0.3) is 0 Å². The molecule has 0 radical (unpaired) electrons. The summed E-state index contributed by atoms with van der Waals surface area (Å²) < 4.78 is 11.4. The lowest BCUT2D eigenvalue weighted by Gasteiger charge is -2.55. The number of halogens is 1. The molecule has 0 N–H and O–H groups in total. The highest BCUT2D eigenvalue weighted by molar-refractivity contribution is 9.09. The Kier molecular flexibility index (Phi) is 4.41. The number of carbonyl (C=O) groups excluding carboxylic acids is 1. The molecule has 1 aliphatic heterocycles. The summed E-state index contributed by atoms with van der Waals surface area (Å²) >= 11 is 3.55. The van der Waals surface area contributed by atoms with Crippen LogP contribution < -0.4 is 0 Å². The largest absolute Gasteiger partial charge is 0.465 e. The molecule has 2 aliphatic rings. The van der Waals surface area contributed by atoms with E-state index in [1.165, 1.54) is 12.5 Å². The SMILES string of the molecule is CC(=O)OCC12COC(CBr)C(C(C)=CC1C)C2C. The van der Waals surface area contributed by atoms with Crippen LogP contribution in [0.1, 0.15) is 27.7 Å². The summed E-state index contributed by atoms with van der Waals surface area (Å²) in [6, 6.07) is 0. The third-order valence-electron chi connectivity index (χ3n) is 5.05. The summed E-state index contributed by atoms with van der Waals surface area (Å²) in [6.45, 7) is 9.27. The second-order valence-electron chi connectivity index (χ2n) is 6.03. The van der Waals surface area contributed by atoms with Crippen molar-refractivity contribution < 1.29 is 14.3 Å². The maximum Gasteiger partial charge on any atom is 0.302 e. The Balaban J connectivity index is 2.31. The quantitative estimate of drug-likeness (QED) is 0.453. The Morgan fingerprint density at radius 2 is 2.26 bits per heavy atom. The number of ether oxygens (including phenoxy) is 2. The van der Waals surface area contributed by atoms with Crippen LogP contribution in [0.3, 0.4) is 0 Å². The van der Waals surface area contributed by atoms with Gasteiger partial charge in [-0.2, -0.15) is 0 Å². The Bertz CT molecular complexity index is 393. The molecule has 0 aromatic carbocycles. The minimum absolute atomic E-state index is 0.0749. The molecule has 0 amide bonds. The van der Waals surface area contributed by atoms with Crippen LogP contribution >= 0.6 is 15.9 Å². The van der Waals surface area contributed by atoms with Crippen LogP contribution in [0.15, 0.2) is 11.6 Å². The predicted molar refractivity (Wildman–Crippen MR) is 78.2 cm³/mol. The van der Waals surface area contributed by atoms with E-state index in [2.05, 4.69) is 42.8 Å². The molecule has 0 spiro atoms. The first kappa shape index (κ1) is 15.0. The van der Waals surface area contributed by atoms with Crippen LogP contribution in [0.4, 0.5) is 0 Å². The van der Waals surface area contributed by atoms with Crippen molar-refractivity contribution in [3.63, 3.8) is 0 Å². The molecule has 4 heteroatoms. The van der Waals surface area contributed by atoms with Crippen molar-refractivity contribution in [3.05, 3.63) is 11.6 Å². The zero-order valence-corrected chi connectivity index (χ0v) is 13.7. The second-order valence-corrected chi connectivity index (χ2v) is 6.68. The topological polar surface area (TPSA) is 35.5 Å². The van der Waals surface area contributed by atoms with E-state index < -0.39 is 0 Å². The number of alkyl halides is 1. The molecule has 2 rings (SSSR count). The number of rotatable bonds is 3. The molecule has 0 saturated carbocycles. The number of fused-ring (bicyclic) bond motifs is 2. The lowest BCUT2D eigenvalue weighted by Crippen LogP contribution is -2.57. The van der Waals surface area contributed by atoms with Crippen molar-refractivity contribution >= 4 is 21.9 Å². The number of esters is 1. The number of allylic oxidation sites excluding steroid dienone is 1. The van der Waals surface area contributed by atoms with Crippen molar-refractivity contribution in [2.75, 3.05) is 18.5 Å². The summed E-state index contributed by atoms with van der Waals surface area (Å²) in [5.74, 6) is 1.04. The van der Waals surface area contributed by atoms with Crippen LogP contribution in [-0.4, -0.2) is 30.6 Å². The van der Waals surface area contributed by atoms with Crippen molar-refractivity contribution in [1.82, 2.24) is 0 Å². The van der Waals surface area contributed by atoms with E-state index in [1.54, 1.807) is 0 Å². The molecule has 5 unspecified atom stereocenters. The maximum atomic E-state index is 11.2. The molecule has 1 fully saturated rings. The van der Waals surface area contributed by atoms with Gasteiger partial charge < -0.3 is 9.47 Å². The number of carbonyl (C=O) groups is 1. The highest BCUT2D eigenvalue weighted by Gasteiger charge is 2.53. The molecule has 108 valence electrons. The van der Waals surface area contributed by atoms with Crippen molar-refractivity contribution in [3.8, 4) is 0 Å². The van der Waals surface area contributed by atoms with Gasteiger partial charge in [-0.05, 0) is 18.8 Å². The lowest BCUT2D eigenvalue weighted by atomic mass is 9.56. The molecular formula is C15H23BrO3. The predicted octanol–water partition coefficient (Wildman–Crippen LogP) is 3.18. The highest BCUT2D eigenvalue weighted by atomic mass is 79.9. The van der Waals surface area contributed by atoms with Gasteiger partial charge >= 0.3 is 5.97 Å². The average Bonchev–Trinajstić information content (AvgIpc) is 2.34. The zero-order chi connectivity index (χ0) is 14.2. The normalized spacial score (nSPS) is 41.6. The summed E-state index contributed by atoms with van der Waals surface area (Å²) in [6.07, 6.45) is 2.57. The Labute approximate surface area is 123 Å². The number of hydrogen-bond acceptors (Lipinski definition) is 3. The van der Waals surface area contributed by atoms with Gasteiger partial charge in [-0.15, -0.1) is 0 Å². The Morgan fingerprint density at radius 3 is 2.84 bits per heavy atom. The third-order valence-corrected chi connectivity index (χ3v) is 5.69. The third kappa shape index (κ3) is 2.49. The van der Waals surface area contributed by atoms with Gasteiger partial charge in [0.05, 0.1) is 19.3 Å². The standard InChI is InChI=1S/C15H23BrO3/c1-9-5-10(2)15(7-18-12(4)17)8-19-13(6-16)14(9)11(15)3/h5,10-11,13-14H,6-8H2,1-4H3. The van der Waals surface area contributed by atoms with Gasteiger partial charge in [-0.1, -0.05) is 41.4 Å². The Hall–Kier alpha value is -0.350. The zero-order valence-electron chi connectivity index (χ0n) is 12.1. The number of hydrogen-bond donors (Lipinski definition) is 0. The first-order chi connectivity index (χ1) is 8.92. The molecule has 2 bridgehead atoms. The fourth-order valence-electron chi connectivity index (χ4n) is 3.76. The molecule has 0 aromatic rings. The molecule has 1 aliphatic carbocycles. The van der Waals surface area contributed by atoms with Gasteiger partial charge in [-0.3, -0.25) is 4.79 Å². The van der Waals surface area contributed by atoms with Crippen molar-refractivity contribution in [2.45, 2.75) is 33.8 Å². The first-order valence-corrected chi connectivity index (χ1v) is 8.03. The molecule has 19 heavy (non-hydrogen) atoms. The summed E-state index contributed by atoms with van der Waals surface area (Å²) in [4.78, 5) is 11.2. The van der Waals surface area contributed by atoms with Gasteiger partial charge in [0.1, 0.15) is 0 Å².